The Balaban J connectivity index is 0.946. The fourth-order valence-corrected chi connectivity index (χ4v) is 8.23. The third kappa shape index (κ3) is 10.7. The number of phenolic OH excluding ortho intramolecular Hbond substituents is 1. The Morgan fingerprint density at radius 2 is 1.69 bits per heavy atom. The van der Waals surface area contributed by atoms with Gasteiger partial charge in [-0.05, 0) is 61.4 Å². The smallest absolute Gasteiger partial charge is 0.246 e. The van der Waals surface area contributed by atoms with Crippen LogP contribution in [0.2, 0.25) is 0 Å². The van der Waals surface area contributed by atoms with Crippen LogP contribution in [0.4, 0.5) is 5.82 Å². The van der Waals surface area contributed by atoms with Gasteiger partial charge in [-0.25, -0.2) is 4.98 Å². The summed E-state index contributed by atoms with van der Waals surface area (Å²) in [5.74, 6) is -0.546. The molecule has 3 amide bonds. The van der Waals surface area contributed by atoms with E-state index in [1.807, 2.05) is 81.3 Å². The minimum absolute atomic E-state index is 0.0199. The number of para-hydroxylation sites is 1. The van der Waals surface area contributed by atoms with E-state index in [0.717, 1.165) is 52.9 Å². The minimum atomic E-state index is -0.870. The van der Waals surface area contributed by atoms with Crippen LogP contribution in [0.15, 0.2) is 72.5 Å². The van der Waals surface area contributed by atoms with Crippen molar-refractivity contribution >= 4 is 34.9 Å². The molecule has 1 aliphatic rings. The number of aliphatic hydroxyl groups excluding tert-OH is 1. The normalized spacial score (nSPS) is 16.5. The number of carbonyl (C=O) groups excluding carboxylic acids is 3. The Morgan fingerprint density at radius 3 is 2.41 bits per heavy atom. The summed E-state index contributed by atoms with van der Waals surface area (Å²) >= 11 is 1.58. The number of aromatic hydroxyl groups is 1. The number of rotatable bonds is 16. The summed E-state index contributed by atoms with van der Waals surface area (Å²) in [6.07, 6.45) is 7.53. The van der Waals surface area contributed by atoms with Gasteiger partial charge in [0.15, 0.2) is 5.82 Å². The summed E-state index contributed by atoms with van der Waals surface area (Å²) in [5.41, 5.74) is 12.9. The van der Waals surface area contributed by atoms with Crippen molar-refractivity contribution in [3.05, 3.63) is 83.8 Å². The molecular formula is C44H55N9O5S. The molecule has 1 aliphatic heterocycles. The zero-order chi connectivity index (χ0) is 42.3. The second-order valence-electron chi connectivity index (χ2n) is 16.4. The number of β-amino-alcohol motifs (C(OH)–C–C–N with tert-alkyl or cyclic N) is 1. The van der Waals surface area contributed by atoms with E-state index in [1.165, 1.54) is 4.90 Å². The number of hydrogen-bond donors (Lipinski definition) is 5. The molecular weight excluding hydrogens is 767 g/mol. The second kappa shape index (κ2) is 18.9. The van der Waals surface area contributed by atoms with Crippen molar-refractivity contribution in [3.63, 3.8) is 0 Å². The number of nitrogens with zero attached hydrogens (tertiary/aromatic N) is 6. The summed E-state index contributed by atoms with van der Waals surface area (Å²) in [5, 5.41) is 39.6. The summed E-state index contributed by atoms with van der Waals surface area (Å²) < 4.78 is 1.87. The van der Waals surface area contributed by atoms with E-state index in [9.17, 15) is 24.6 Å². The van der Waals surface area contributed by atoms with Gasteiger partial charge in [0.1, 0.15) is 17.8 Å². The van der Waals surface area contributed by atoms with Gasteiger partial charge in [0, 0.05) is 48.8 Å². The van der Waals surface area contributed by atoms with Gasteiger partial charge in [0.25, 0.3) is 0 Å². The lowest BCUT2D eigenvalue weighted by Gasteiger charge is -2.35. The van der Waals surface area contributed by atoms with Gasteiger partial charge < -0.3 is 31.5 Å². The first kappa shape index (κ1) is 42.9. The number of aliphatic hydroxyl groups is 1. The molecule has 14 nitrogen and oxygen atoms in total. The van der Waals surface area contributed by atoms with Crippen LogP contribution >= 0.6 is 11.3 Å². The monoisotopic (exact) mass is 821 g/mol. The largest absolute Gasteiger partial charge is 0.507 e. The van der Waals surface area contributed by atoms with E-state index in [0.29, 0.717) is 29.8 Å². The van der Waals surface area contributed by atoms with Crippen molar-refractivity contribution in [2.45, 2.75) is 110 Å². The molecule has 0 spiro atoms. The molecule has 6 rings (SSSR count). The SMILES string of the molecule is Cc1ncsc1-c1ccc(C(C)NC(=O)C2CC(O)CN2C(=O)C(NC(=O)CCCCCCCn2cc(-c3cc(-c4ccccc4O)nnc3N)cn2)C(C)(C)C)cc1. The van der Waals surface area contributed by atoms with Crippen LogP contribution < -0.4 is 16.4 Å². The van der Waals surface area contributed by atoms with Crippen molar-refractivity contribution in [2.75, 3.05) is 12.3 Å². The molecule has 1 saturated heterocycles. The number of unbranched alkanes of at least 4 members (excludes halogenated alkanes) is 4. The average Bonchev–Trinajstić information content (AvgIpc) is 3.96. The Bertz CT molecular complexity index is 2230. The standard InChI is InChI=1S/C44H55N9O5S/c1-27(29-16-18-30(19-17-29)39-28(2)46-26-59-39)48-42(57)36-21-32(54)25-53(36)43(58)40(44(3,4)5)49-38(56)15-9-7-6-8-12-20-52-24-31(23-47-52)34-22-35(50-51-41(34)45)33-13-10-11-14-37(33)55/h10-11,13-14,16-19,22-24,26-27,32,36,40,54-55H,6-9,12,15,20-21,25H2,1-5H3,(H2,45,51)(H,48,57)(H,49,56). The number of amides is 3. The van der Waals surface area contributed by atoms with Crippen LogP contribution in [0, 0.1) is 12.3 Å². The predicted molar refractivity (Wildman–Crippen MR) is 229 cm³/mol. The molecule has 312 valence electrons. The first-order valence-electron chi connectivity index (χ1n) is 20.2. The third-order valence-corrected chi connectivity index (χ3v) is 11.8. The number of aromatic nitrogens is 5. The van der Waals surface area contributed by atoms with Gasteiger partial charge in [-0.15, -0.1) is 21.5 Å². The molecule has 0 saturated carbocycles. The fourth-order valence-electron chi connectivity index (χ4n) is 7.42. The molecule has 2 aromatic carbocycles. The molecule has 4 atom stereocenters. The predicted octanol–water partition coefficient (Wildman–Crippen LogP) is 6.44. The highest BCUT2D eigenvalue weighted by Crippen LogP contribution is 2.33. The Morgan fingerprint density at radius 1 is 0.966 bits per heavy atom. The first-order valence-corrected chi connectivity index (χ1v) is 21.1. The summed E-state index contributed by atoms with van der Waals surface area (Å²) in [6.45, 7) is 10.3. The maximum atomic E-state index is 14.1. The third-order valence-electron chi connectivity index (χ3n) is 10.8. The van der Waals surface area contributed by atoms with Crippen molar-refractivity contribution in [1.29, 1.82) is 0 Å². The number of nitrogens with one attached hydrogen (secondary N) is 2. The van der Waals surface area contributed by atoms with Gasteiger partial charge in [-0.1, -0.05) is 76.4 Å². The Kier molecular flexibility index (Phi) is 13.8. The lowest BCUT2D eigenvalue weighted by Crippen LogP contribution is -2.57. The van der Waals surface area contributed by atoms with Crippen LogP contribution in [0.5, 0.6) is 5.75 Å². The van der Waals surface area contributed by atoms with Crippen LogP contribution in [0.25, 0.3) is 32.8 Å². The summed E-state index contributed by atoms with van der Waals surface area (Å²) in [4.78, 5) is 47.7. The fraction of sp³-hybridized carbons (Fsp3) is 0.432. The first-order chi connectivity index (χ1) is 28.2. The van der Waals surface area contributed by atoms with Crippen LogP contribution in [0.3, 0.4) is 0 Å². The van der Waals surface area contributed by atoms with Gasteiger partial charge in [0.05, 0.1) is 40.1 Å². The molecule has 5 aromatic rings. The quantitative estimate of drug-likeness (QED) is 0.0690. The highest BCUT2D eigenvalue weighted by molar-refractivity contribution is 7.13. The van der Waals surface area contributed by atoms with E-state index in [4.69, 9.17) is 5.73 Å². The lowest BCUT2D eigenvalue weighted by atomic mass is 9.85. The molecule has 4 heterocycles. The average molecular weight is 822 g/mol. The van der Waals surface area contributed by atoms with E-state index < -0.39 is 23.6 Å². The highest BCUT2D eigenvalue weighted by atomic mass is 32.1. The van der Waals surface area contributed by atoms with Crippen LogP contribution in [-0.2, 0) is 20.9 Å². The molecule has 59 heavy (non-hydrogen) atoms. The van der Waals surface area contributed by atoms with E-state index in [1.54, 1.807) is 41.8 Å². The number of anilines is 1. The van der Waals surface area contributed by atoms with E-state index >= 15 is 0 Å². The number of hydrogen-bond acceptors (Lipinski definition) is 11. The molecule has 6 N–H and O–H groups in total. The molecule has 0 bridgehead atoms. The number of nitrogen functional groups attached to an aromatic ring is 1. The number of likely N-dealkylation sites (tertiary alicyclic amines) is 1. The molecule has 4 unspecified atom stereocenters. The number of thiazole rings is 1. The van der Waals surface area contributed by atoms with Crippen LogP contribution in [0.1, 0.15) is 89.9 Å². The van der Waals surface area contributed by atoms with Gasteiger partial charge in [-0.2, -0.15) is 5.10 Å². The molecule has 0 radical (unpaired) electrons. The Labute approximate surface area is 349 Å². The minimum Gasteiger partial charge on any atom is -0.507 e. The summed E-state index contributed by atoms with van der Waals surface area (Å²) in [7, 11) is 0. The zero-order valence-electron chi connectivity index (χ0n) is 34.4. The number of carbonyl (C=O) groups is 3. The van der Waals surface area contributed by atoms with Gasteiger partial charge >= 0.3 is 0 Å². The maximum absolute atomic E-state index is 14.1. The van der Waals surface area contributed by atoms with Crippen molar-refractivity contribution in [3.8, 4) is 38.6 Å². The van der Waals surface area contributed by atoms with Crippen molar-refractivity contribution in [1.82, 2.24) is 40.5 Å². The van der Waals surface area contributed by atoms with E-state index in [2.05, 4.69) is 30.9 Å². The van der Waals surface area contributed by atoms with E-state index in [-0.39, 0.29) is 54.7 Å². The molecule has 1 fully saturated rings. The lowest BCUT2D eigenvalue weighted by molar-refractivity contribution is -0.144. The summed E-state index contributed by atoms with van der Waals surface area (Å²) in [6, 6.07) is 14.7. The number of nitrogens with two attached hydrogens (primary N) is 1. The molecule has 3 aromatic heterocycles. The second-order valence-corrected chi connectivity index (χ2v) is 17.3. The number of phenols is 1. The number of aryl methyl sites for hydroxylation is 2. The molecule has 0 aliphatic carbocycles. The van der Waals surface area contributed by atoms with Crippen molar-refractivity contribution in [2.24, 2.45) is 5.41 Å². The van der Waals surface area contributed by atoms with Crippen LogP contribution in [-0.4, -0.2) is 82.5 Å². The highest BCUT2D eigenvalue weighted by Gasteiger charge is 2.44. The van der Waals surface area contributed by atoms with Gasteiger partial charge in [-0.3, -0.25) is 19.1 Å². The van der Waals surface area contributed by atoms with Gasteiger partial charge in [0.2, 0.25) is 17.7 Å². The topological polar surface area (TPSA) is 201 Å². The zero-order valence-corrected chi connectivity index (χ0v) is 35.2. The molecule has 15 heteroatoms. The maximum Gasteiger partial charge on any atom is 0.246 e. The Hall–Kier alpha value is -5.67. The number of benzene rings is 2. The van der Waals surface area contributed by atoms with Crippen molar-refractivity contribution < 1.29 is 24.6 Å².